The standard InChI is InChI=1S/C33H43N3O5S/c1-8-31(33(38)34-20-23(2)3)35(21-27-12-15-29(41-7)16-13-27)32(37)22-36(28-14-11-25(5)26(6)19-28)42(39,40)30-17-9-24(4)10-18-30/h9-19,23,31H,8,20-22H2,1-7H3,(H,34,38)/t31-/m0/s1. The fraction of sp³-hybridized carbons (Fsp3) is 0.394. The van der Waals surface area contributed by atoms with Gasteiger partial charge in [0.05, 0.1) is 17.7 Å². The monoisotopic (exact) mass is 593 g/mol. The van der Waals surface area contributed by atoms with E-state index in [1.807, 2.05) is 59.7 Å². The van der Waals surface area contributed by atoms with E-state index in [-0.39, 0.29) is 23.3 Å². The molecule has 3 aromatic rings. The summed E-state index contributed by atoms with van der Waals surface area (Å²) in [7, 11) is -2.54. The van der Waals surface area contributed by atoms with Gasteiger partial charge in [-0.15, -0.1) is 0 Å². The lowest BCUT2D eigenvalue weighted by molar-refractivity contribution is -0.140. The Morgan fingerprint density at radius 2 is 1.55 bits per heavy atom. The summed E-state index contributed by atoms with van der Waals surface area (Å²) < 4.78 is 34.5. The highest BCUT2D eigenvalue weighted by atomic mass is 32.2. The maximum absolute atomic E-state index is 14.2. The van der Waals surface area contributed by atoms with Gasteiger partial charge < -0.3 is 15.0 Å². The molecule has 42 heavy (non-hydrogen) atoms. The van der Waals surface area contributed by atoms with E-state index in [1.165, 1.54) is 4.90 Å². The molecule has 1 atom stereocenters. The SMILES string of the molecule is CC[C@@H](C(=O)NCC(C)C)N(Cc1ccc(OC)cc1)C(=O)CN(c1ccc(C)c(C)c1)S(=O)(=O)c1ccc(C)cc1. The molecule has 0 radical (unpaired) electrons. The van der Waals surface area contributed by atoms with Crippen LogP contribution in [0.4, 0.5) is 5.69 Å². The summed E-state index contributed by atoms with van der Waals surface area (Å²) in [5, 5.41) is 2.95. The fourth-order valence-electron chi connectivity index (χ4n) is 4.52. The molecule has 0 fully saturated rings. The highest BCUT2D eigenvalue weighted by molar-refractivity contribution is 7.92. The molecule has 3 aromatic carbocycles. The minimum Gasteiger partial charge on any atom is -0.497 e. The molecular formula is C33H43N3O5S. The van der Waals surface area contributed by atoms with Gasteiger partial charge in [0.25, 0.3) is 10.0 Å². The van der Waals surface area contributed by atoms with Crippen molar-refractivity contribution in [3.63, 3.8) is 0 Å². The topological polar surface area (TPSA) is 96.0 Å². The van der Waals surface area contributed by atoms with Crippen molar-refractivity contribution in [1.82, 2.24) is 10.2 Å². The van der Waals surface area contributed by atoms with Crippen molar-refractivity contribution in [1.29, 1.82) is 0 Å². The highest BCUT2D eigenvalue weighted by Crippen LogP contribution is 2.27. The number of carbonyl (C=O) groups is 2. The minimum atomic E-state index is -4.12. The molecule has 0 aliphatic heterocycles. The number of rotatable bonds is 13. The molecule has 0 bridgehead atoms. The van der Waals surface area contributed by atoms with E-state index in [1.54, 1.807) is 55.6 Å². The number of nitrogens with one attached hydrogen (secondary N) is 1. The Hall–Kier alpha value is -3.85. The summed E-state index contributed by atoms with van der Waals surface area (Å²) in [5.41, 5.74) is 4.00. The van der Waals surface area contributed by atoms with Gasteiger partial charge in [0.2, 0.25) is 11.8 Å². The van der Waals surface area contributed by atoms with Gasteiger partial charge in [0.15, 0.2) is 0 Å². The van der Waals surface area contributed by atoms with E-state index in [2.05, 4.69) is 5.32 Å². The average molecular weight is 594 g/mol. The molecule has 1 N–H and O–H groups in total. The number of hydrogen-bond acceptors (Lipinski definition) is 5. The Labute approximate surface area is 250 Å². The third-order valence-corrected chi connectivity index (χ3v) is 9.04. The molecule has 0 saturated heterocycles. The lowest BCUT2D eigenvalue weighted by atomic mass is 10.1. The first-order valence-electron chi connectivity index (χ1n) is 14.2. The molecule has 0 aliphatic carbocycles. The van der Waals surface area contributed by atoms with E-state index in [0.717, 1.165) is 26.6 Å². The molecule has 9 heteroatoms. The number of anilines is 1. The van der Waals surface area contributed by atoms with Crippen molar-refractivity contribution in [3.05, 3.63) is 89.0 Å². The maximum Gasteiger partial charge on any atom is 0.264 e. The van der Waals surface area contributed by atoms with Crippen LogP contribution in [-0.2, 0) is 26.2 Å². The molecule has 0 heterocycles. The van der Waals surface area contributed by atoms with Gasteiger partial charge in [0.1, 0.15) is 18.3 Å². The van der Waals surface area contributed by atoms with Gasteiger partial charge in [-0.1, -0.05) is 56.7 Å². The first-order chi connectivity index (χ1) is 19.9. The quantitative estimate of drug-likeness (QED) is 0.287. The van der Waals surface area contributed by atoms with Crippen LogP contribution in [0.3, 0.4) is 0 Å². The predicted molar refractivity (Wildman–Crippen MR) is 167 cm³/mol. The first kappa shape index (κ1) is 32.7. The minimum absolute atomic E-state index is 0.0857. The van der Waals surface area contributed by atoms with Crippen molar-refractivity contribution in [2.45, 2.75) is 65.4 Å². The normalized spacial score (nSPS) is 12.1. The second-order valence-corrected chi connectivity index (χ2v) is 12.9. The number of carbonyl (C=O) groups excluding carboxylic acids is 2. The number of benzene rings is 3. The van der Waals surface area contributed by atoms with E-state index in [0.29, 0.717) is 24.4 Å². The van der Waals surface area contributed by atoms with Crippen molar-refractivity contribution < 1.29 is 22.7 Å². The second kappa shape index (κ2) is 14.4. The lowest BCUT2D eigenvalue weighted by Crippen LogP contribution is -2.52. The number of nitrogens with zero attached hydrogens (tertiary/aromatic N) is 2. The number of sulfonamides is 1. The summed E-state index contributed by atoms with van der Waals surface area (Å²) >= 11 is 0. The summed E-state index contributed by atoms with van der Waals surface area (Å²) in [6.45, 7) is 11.7. The fourth-order valence-corrected chi connectivity index (χ4v) is 5.92. The van der Waals surface area contributed by atoms with Crippen molar-refractivity contribution in [3.8, 4) is 5.75 Å². The smallest absolute Gasteiger partial charge is 0.264 e. The van der Waals surface area contributed by atoms with Gasteiger partial charge in [-0.25, -0.2) is 8.42 Å². The number of hydrogen-bond donors (Lipinski definition) is 1. The molecule has 2 amide bonds. The highest BCUT2D eigenvalue weighted by Gasteiger charge is 2.33. The third-order valence-electron chi connectivity index (χ3n) is 7.25. The Balaban J connectivity index is 2.06. The van der Waals surface area contributed by atoms with Crippen LogP contribution in [0.25, 0.3) is 0 Å². The van der Waals surface area contributed by atoms with Crippen LogP contribution in [0, 0.1) is 26.7 Å². The predicted octanol–water partition coefficient (Wildman–Crippen LogP) is 5.40. The Kier molecular flexibility index (Phi) is 11.2. The number of amides is 2. The number of ether oxygens (including phenoxy) is 1. The average Bonchev–Trinajstić information content (AvgIpc) is 2.96. The summed E-state index contributed by atoms with van der Waals surface area (Å²) in [4.78, 5) is 29.1. The zero-order valence-electron chi connectivity index (χ0n) is 25.7. The molecule has 3 rings (SSSR count). The lowest BCUT2D eigenvalue weighted by Gasteiger charge is -2.33. The zero-order chi connectivity index (χ0) is 31.0. The maximum atomic E-state index is 14.2. The van der Waals surface area contributed by atoms with E-state index >= 15 is 0 Å². The van der Waals surface area contributed by atoms with E-state index in [9.17, 15) is 18.0 Å². The molecule has 8 nitrogen and oxygen atoms in total. The van der Waals surface area contributed by atoms with Gasteiger partial charge in [-0.05, 0) is 86.2 Å². The molecule has 0 saturated carbocycles. The van der Waals surface area contributed by atoms with Crippen molar-refractivity contribution in [2.24, 2.45) is 5.92 Å². The second-order valence-electron chi connectivity index (χ2n) is 11.0. The summed E-state index contributed by atoms with van der Waals surface area (Å²) in [6, 6.07) is 18.4. The Morgan fingerprint density at radius 1 is 0.905 bits per heavy atom. The number of methoxy groups -OCH3 is 1. The molecular weight excluding hydrogens is 550 g/mol. The van der Waals surface area contributed by atoms with Gasteiger partial charge in [-0.3, -0.25) is 13.9 Å². The first-order valence-corrected chi connectivity index (χ1v) is 15.7. The van der Waals surface area contributed by atoms with Crippen LogP contribution < -0.4 is 14.4 Å². The molecule has 0 spiro atoms. The van der Waals surface area contributed by atoms with Crippen LogP contribution in [0.5, 0.6) is 5.75 Å². The van der Waals surface area contributed by atoms with Gasteiger partial charge in [0, 0.05) is 13.1 Å². The Bertz CT molecular complexity index is 1470. The molecule has 0 unspecified atom stereocenters. The van der Waals surface area contributed by atoms with Crippen molar-refractivity contribution in [2.75, 3.05) is 24.5 Å². The van der Waals surface area contributed by atoms with Crippen LogP contribution in [0.1, 0.15) is 49.4 Å². The summed E-state index contributed by atoms with van der Waals surface area (Å²) in [6.07, 6.45) is 0.361. The molecule has 0 aromatic heterocycles. The Morgan fingerprint density at radius 3 is 2.10 bits per heavy atom. The van der Waals surface area contributed by atoms with Crippen LogP contribution in [0.15, 0.2) is 71.6 Å². The van der Waals surface area contributed by atoms with Crippen LogP contribution in [0.2, 0.25) is 0 Å². The van der Waals surface area contributed by atoms with Gasteiger partial charge in [-0.2, -0.15) is 0 Å². The molecule has 0 aliphatic rings. The van der Waals surface area contributed by atoms with Crippen molar-refractivity contribution >= 4 is 27.5 Å². The zero-order valence-corrected chi connectivity index (χ0v) is 26.5. The van der Waals surface area contributed by atoms with Crippen LogP contribution >= 0.6 is 0 Å². The van der Waals surface area contributed by atoms with E-state index in [4.69, 9.17) is 4.74 Å². The summed E-state index contributed by atoms with van der Waals surface area (Å²) in [5.74, 6) is 0.152. The molecule has 226 valence electrons. The van der Waals surface area contributed by atoms with Crippen LogP contribution in [-0.4, -0.2) is 51.4 Å². The number of aryl methyl sites for hydroxylation is 3. The largest absolute Gasteiger partial charge is 0.497 e. The van der Waals surface area contributed by atoms with E-state index < -0.39 is 28.5 Å². The third kappa shape index (κ3) is 8.12. The van der Waals surface area contributed by atoms with Gasteiger partial charge >= 0.3 is 0 Å².